The van der Waals surface area contributed by atoms with E-state index in [2.05, 4.69) is 23.3 Å². The normalized spacial score (nSPS) is 10.3. The Balaban J connectivity index is 3.68. The van der Waals surface area contributed by atoms with Crippen molar-refractivity contribution < 1.29 is 38.1 Å². The number of carbonyl (C=O) groups is 4. The fourth-order valence-electron chi connectivity index (χ4n) is 2.47. The van der Waals surface area contributed by atoms with E-state index < -0.39 is 30.7 Å². The van der Waals surface area contributed by atoms with Crippen LogP contribution >= 0.6 is 0 Å². The lowest BCUT2D eigenvalue weighted by molar-refractivity contribution is -0.184. The molecule has 0 bridgehead atoms. The highest BCUT2D eigenvalue weighted by molar-refractivity contribution is 6.30. The molecule has 0 aromatic carbocycles. The van der Waals surface area contributed by atoms with E-state index in [4.69, 9.17) is 9.47 Å². The van der Waals surface area contributed by atoms with Crippen molar-refractivity contribution >= 4 is 23.9 Å². The van der Waals surface area contributed by atoms with Crippen LogP contribution in [-0.2, 0) is 38.1 Å². The van der Waals surface area contributed by atoms with Crippen molar-refractivity contribution in [3.05, 3.63) is 0 Å². The van der Waals surface area contributed by atoms with Crippen LogP contribution in [0.3, 0.4) is 0 Å². The molecule has 8 heteroatoms. The van der Waals surface area contributed by atoms with Gasteiger partial charge in [-0.25, -0.2) is 19.2 Å². The molecular weight excluding hydrogens is 380 g/mol. The number of rotatable bonds is 16. The van der Waals surface area contributed by atoms with Crippen molar-refractivity contribution in [3.63, 3.8) is 0 Å². The first-order valence-corrected chi connectivity index (χ1v) is 10.7. The van der Waals surface area contributed by atoms with Gasteiger partial charge in [0.25, 0.3) is 0 Å². The molecule has 0 aromatic rings. The number of esters is 4. The van der Waals surface area contributed by atoms with Crippen LogP contribution in [0.2, 0.25) is 0 Å². The number of unbranched alkanes of at least 4 members (excludes halogenated alkanes) is 10. The molecule has 29 heavy (non-hydrogen) atoms. The van der Waals surface area contributed by atoms with Gasteiger partial charge in [-0.05, 0) is 12.8 Å². The van der Waals surface area contributed by atoms with Crippen LogP contribution in [0.15, 0.2) is 0 Å². The summed E-state index contributed by atoms with van der Waals surface area (Å²) in [5.74, 6) is -4.85. The van der Waals surface area contributed by atoms with E-state index >= 15 is 0 Å². The highest BCUT2D eigenvalue weighted by Gasteiger charge is 2.21. The molecule has 0 N–H and O–H groups in total. The van der Waals surface area contributed by atoms with Crippen molar-refractivity contribution in [1.82, 2.24) is 0 Å². The van der Waals surface area contributed by atoms with Gasteiger partial charge < -0.3 is 18.9 Å². The van der Waals surface area contributed by atoms with Crippen molar-refractivity contribution in [2.24, 2.45) is 0 Å². The third kappa shape index (κ3) is 16.5. The van der Waals surface area contributed by atoms with Gasteiger partial charge in [-0.2, -0.15) is 0 Å². The van der Waals surface area contributed by atoms with E-state index in [9.17, 15) is 19.2 Å². The van der Waals surface area contributed by atoms with Crippen LogP contribution in [0, 0.1) is 0 Å². The Kier molecular flexibility index (Phi) is 17.8. The van der Waals surface area contributed by atoms with Crippen LogP contribution in [0.4, 0.5) is 0 Å². The van der Waals surface area contributed by atoms with Gasteiger partial charge in [-0.15, -0.1) is 0 Å². The summed E-state index contributed by atoms with van der Waals surface area (Å²) in [6, 6.07) is 0. The summed E-state index contributed by atoms with van der Waals surface area (Å²) < 4.78 is 18.4. The minimum atomic E-state index is -1.27. The van der Waals surface area contributed by atoms with Crippen molar-refractivity contribution in [1.29, 1.82) is 0 Å². The zero-order valence-corrected chi connectivity index (χ0v) is 17.9. The van der Waals surface area contributed by atoms with E-state index in [-0.39, 0.29) is 13.2 Å². The Morgan fingerprint density at radius 3 is 1.14 bits per heavy atom. The highest BCUT2D eigenvalue weighted by Crippen LogP contribution is 2.06. The Hall–Kier alpha value is -2.12. The molecule has 0 unspecified atom stereocenters. The molecule has 0 fully saturated rings. The van der Waals surface area contributed by atoms with E-state index in [1.165, 1.54) is 12.8 Å². The molecule has 0 saturated heterocycles. The molecule has 0 rings (SSSR count). The van der Waals surface area contributed by atoms with Gasteiger partial charge in [0.15, 0.2) is 0 Å². The van der Waals surface area contributed by atoms with Gasteiger partial charge in [-0.3, -0.25) is 0 Å². The Morgan fingerprint density at radius 1 is 0.448 bits per heavy atom. The van der Waals surface area contributed by atoms with Crippen LogP contribution in [0.1, 0.15) is 90.9 Å². The Labute approximate surface area is 173 Å². The number of carbonyl (C=O) groups excluding carboxylic acids is 4. The van der Waals surface area contributed by atoms with Gasteiger partial charge >= 0.3 is 23.9 Å². The van der Waals surface area contributed by atoms with Crippen molar-refractivity contribution in [2.75, 3.05) is 20.0 Å². The first-order chi connectivity index (χ1) is 14.0. The summed E-state index contributed by atoms with van der Waals surface area (Å²) >= 11 is 0. The molecule has 0 spiro atoms. The van der Waals surface area contributed by atoms with E-state index in [1.807, 2.05) is 0 Å². The van der Waals surface area contributed by atoms with E-state index in [0.29, 0.717) is 12.8 Å². The molecule has 0 aliphatic carbocycles. The summed E-state index contributed by atoms with van der Waals surface area (Å²) in [4.78, 5) is 45.7. The van der Waals surface area contributed by atoms with Crippen LogP contribution < -0.4 is 0 Å². The van der Waals surface area contributed by atoms with Crippen molar-refractivity contribution in [3.8, 4) is 0 Å². The maximum absolute atomic E-state index is 11.4. The molecule has 0 amide bonds. The average molecular weight is 417 g/mol. The summed E-state index contributed by atoms with van der Waals surface area (Å²) in [6.45, 7) is 3.67. The molecular formula is C21H36O8. The molecule has 0 saturated carbocycles. The largest absolute Gasteiger partial charge is 0.457 e. The number of hydrogen-bond acceptors (Lipinski definition) is 8. The monoisotopic (exact) mass is 416 g/mol. The summed E-state index contributed by atoms with van der Waals surface area (Å²) in [6.07, 6.45) is 12.2. The third-order valence-corrected chi connectivity index (χ3v) is 4.18. The summed E-state index contributed by atoms with van der Waals surface area (Å²) in [5, 5.41) is 0. The summed E-state index contributed by atoms with van der Waals surface area (Å²) in [7, 11) is 0. The first-order valence-electron chi connectivity index (χ1n) is 10.7. The Bertz CT molecular complexity index is 433. The standard InChI is InChI=1S/C21H36O8/c1-3-5-7-9-11-13-15-26-18(22)20(24)28-17-29-21(25)19(23)27-16-14-12-10-8-6-4-2/h3-17H2,1-2H3. The molecule has 0 heterocycles. The molecule has 168 valence electrons. The Morgan fingerprint density at radius 2 is 0.759 bits per heavy atom. The zero-order valence-electron chi connectivity index (χ0n) is 17.9. The second-order valence-electron chi connectivity index (χ2n) is 6.79. The van der Waals surface area contributed by atoms with Gasteiger partial charge in [-0.1, -0.05) is 78.1 Å². The maximum Gasteiger partial charge on any atom is 0.420 e. The predicted octanol–water partition coefficient (Wildman–Crippen LogP) is 3.84. The molecule has 0 aliphatic heterocycles. The summed E-state index contributed by atoms with van der Waals surface area (Å²) in [5.41, 5.74) is 0. The third-order valence-electron chi connectivity index (χ3n) is 4.18. The van der Waals surface area contributed by atoms with Crippen LogP contribution in [-0.4, -0.2) is 43.9 Å². The van der Waals surface area contributed by atoms with Gasteiger partial charge in [0.2, 0.25) is 6.79 Å². The SMILES string of the molecule is CCCCCCCCOC(=O)C(=O)OCOC(=O)C(=O)OCCCCCCCC. The quantitative estimate of drug-likeness (QED) is 0.123. The number of hydrogen-bond donors (Lipinski definition) is 0. The molecule has 8 nitrogen and oxygen atoms in total. The van der Waals surface area contributed by atoms with Crippen LogP contribution in [0.25, 0.3) is 0 Å². The lowest BCUT2D eigenvalue weighted by Crippen LogP contribution is -2.26. The second-order valence-corrected chi connectivity index (χ2v) is 6.79. The fourth-order valence-corrected chi connectivity index (χ4v) is 2.47. The lowest BCUT2D eigenvalue weighted by Gasteiger charge is -2.07. The zero-order chi connectivity index (χ0) is 21.7. The van der Waals surface area contributed by atoms with E-state index in [1.54, 1.807) is 0 Å². The molecule has 0 atom stereocenters. The van der Waals surface area contributed by atoms with Crippen LogP contribution in [0.5, 0.6) is 0 Å². The maximum atomic E-state index is 11.4. The molecule has 0 aliphatic rings. The molecule has 0 aromatic heterocycles. The minimum Gasteiger partial charge on any atom is -0.457 e. The minimum absolute atomic E-state index is 0.130. The molecule has 0 radical (unpaired) electrons. The predicted molar refractivity (Wildman–Crippen MR) is 106 cm³/mol. The number of ether oxygens (including phenoxy) is 4. The van der Waals surface area contributed by atoms with Gasteiger partial charge in [0.1, 0.15) is 0 Å². The lowest BCUT2D eigenvalue weighted by atomic mass is 10.1. The highest BCUT2D eigenvalue weighted by atomic mass is 16.7. The van der Waals surface area contributed by atoms with Crippen molar-refractivity contribution in [2.45, 2.75) is 90.9 Å². The van der Waals surface area contributed by atoms with Gasteiger partial charge in [0, 0.05) is 0 Å². The first kappa shape index (κ1) is 26.9. The topological polar surface area (TPSA) is 105 Å². The second kappa shape index (κ2) is 19.2. The smallest absolute Gasteiger partial charge is 0.420 e. The van der Waals surface area contributed by atoms with Gasteiger partial charge in [0.05, 0.1) is 13.2 Å². The average Bonchev–Trinajstić information content (AvgIpc) is 2.71. The fraction of sp³-hybridized carbons (Fsp3) is 0.810. The van der Waals surface area contributed by atoms with E-state index in [0.717, 1.165) is 51.4 Å².